The average molecular weight is 774 g/mol. The predicted octanol–water partition coefficient (Wildman–Crippen LogP) is 13.6. The summed E-state index contributed by atoms with van der Waals surface area (Å²) >= 11 is 0. The van der Waals surface area contributed by atoms with E-state index in [4.69, 9.17) is 9.05 Å². The summed E-state index contributed by atoms with van der Waals surface area (Å²) in [6, 6.07) is 11.4. The first kappa shape index (κ1) is 47.0. The number of hydrogen-bond acceptors (Lipinski definition) is 8. The smallest absolute Gasteiger partial charge is 0.334 e. The van der Waals surface area contributed by atoms with Gasteiger partial charge in [0.2, 0.25) is 0 Å². The van der Waals surface area contributed by atoms with E-state index in [0.29, 0.717) is 18.4 Å². The largest absolute Gasteiger partial charge is 0.357 e. The number of unbranched alkanes of at least 4 members (excludes halogenated alkanes) is 22. The van der Waals surface area contributed by atoms with Gasteiger partial charge >= 0.3 is 7.60 Å². The van der Waals surface area contributed by atoms with E-state index in [9.17, 15) is 29.6 Å². The number of non-ortho nitro benzene ring substituents is 2. The van der Waals surface area contributed by atoms with Crippen LogP contribution in [0.15, 0.2) is 48.5 Å². The van der Waals surface area contributed by atoms with Crippen molar-refractivity contribution in [2.24, 2.45) is 0 Å². The van der Waals surface area contributed by atoms with Gasteiger partial charge in [0.15, 0.2) is 5.78 Å². The Bertz CT molecular complexity index is 1310. The van der Waals surface area contributed by atoms with Gasteiger partial charge in [-0.15, -0.1) is 0 Å². The van der Waals surface area contributed by atoms with Crippen LogP contribution in [0.4, 0.5) is 11.4 Å². The van der Waals surface area contributed by atoms with Crippen LogP contribution in [-0.4, -0.2) is 29.0 Å². The maximum atomic E-state index is 14.8. The van der Waals surface area contributed by atoms with Crippen LogP contribution < -0.4 is 5.32 Å². The highest BCUT2D eigenvalue weighted by Gasteiger charge is 2.39. The molecule has 54 heavy (non-hydrogen) atoms. The topological polar surface area (TPSA) is 151 Å². The molecule has 304 valence electrons. The molecular weight excluding hydrogens is 705 g/mol. The SMILES string of the molecule is CCCCCCCCCCCCCCOP(=O)(OCCCCCCCCCCCCCC)C(NC(=O)c1cc([N+](=O)[O-])cc([N+](=O)[O-])c1)c1ccccc1. The summed E-state index contributed by atoms with van der Waals surface area (Å²) in [5.41, 5.74) is -1.02. The Kier molecular flexibility index (Phi) is 25.4. The Balaban J connectivity index is 2.05. The molecule has 0 aliphatic carbocycles. The van der Waals surface area contributed by atoms with Gasteiger partial charge in [-0.05, 0) is 18.4 Å². The summed E-state index contributed by atoms with van der Waals surface area (Å²) in [4.78, 5) is 35.1. The molecule has 0 radical (unpaired) electrons. The lowest BCUT2D eigenvalue weighted by Gasteiger charge is -2.28. The van der Waals surface area contributed by atoms with E-state index in [1.54, 1.807) is 30.3 Å². The summed E-state index contributed by atoms with van der Waals surface area (Å²) in [6.45, 7) is 4.82. The van der Waals surface area contributed by atoms with Gasteiger partial charge in [0, 0.05) is 12.1 Å². The molecule has 0 aliphatic heterocycles. The van der Waals surface area contributed by atoms with Crippen LogP contribution >= 0.6 is 7.60 Å². The molecule has 2 aromatic rings. The fraction of sp³-hybridized carbons (Fsp3) is 0.690. The number of rotatable bonds is 34. The van der Waals surface area contributed by atoms with Crippen molar-refractivity contribution in [1.29, 1.82) is 0 Å². The summed E-state index contributed by atoms with van der Waals surface area (Å²) in [6.07, 6.45) is 28.1. The van der Waals surface area contributed by atoms with Gasteiger partial charge in [0.25, 0.3) is 17.3 Å². The van der Waals surface area contributed by atoms with Crippen molar-refractivity contribution < 1.29 is 28.3 Å². The number of benzene rings is 2. The Labute approximate surface area is 324 Å². The molecule has 0 fully saturated rings. The lowest BCUT2D eigenvalue weighted by atomic mass is 10.1. The van der Waals surface area contributed by atoms with Crippen LogP contribution in [0.25, 0.3) is 0 Å². The molecule has 1 N–H and O–H groups in total. The van der Waals surface area contributed by atoms with Crippen LogP contribution in [0, 0.1) is 20.2 Å². The molecule has 0 heterocycles. The maximum Gasteiger partial charge on any atom is 0.357 e. The van der Waals surface area contributed by atoms with E-state index in [1.807, 2.05) is 0 Å². The molecule has 1 unspecified atom stereocenters. The van der Waals surface area contributed by atoms with E-state index in [-0.39, 0.29) is 18.8 Å². The van der Waals surface area contributed by atoms with Crippen molar-refractivity contribution in [3.8, 4) is 0 Å². The molecule has 2 rings (SSSR count). The van der Waals surface area contributed by atoms with Crippen molar-refractivity contribution in [1.82, 2.24) is 5.32 Å². The van der Waals surface area contributed by atoms with Gasteiger partial charge in [0.1, 0.15) is 0 Å². The average Bonchev–Trinajstić information content (AvgIpc) is 3.17. The number of nitrogens with zero attached hydrogens (tertiary/aromatic N) is 2. The Morgan fingerprint density at radius 2 is 0.944 bits per heavy atom. The number of amides is 1. The fourth-order valence-electron chi connectivity index (χ4n) is 6.58. The molecule has 12 heteroatoms. The van der Waals surface area contributed by atoms with E-state index in [1.165, 1.54) is 103 Å². The van der Waals surface area contributed by atoms with Crippen molar-refractivity contribution >= 4 is 24.9 Å². The number of hydrogen-bond donors (Lipinski definition) is 1. The number of nitro groups is 2. The van der Waals surface area contributed by atoms with E-state index in [2.05, 4.69) is 19.2 Å². The Hall–Kier alpha value is -3.14. The zero-order chi connectivity index (χ0) is 39.3. The van der Waals surface area contributed by atoms with E-state index < -0.39 is 40.5 Å². The molecule has 0 bridgehead atoms. The minimum Gasteiger partial charge on any atom is -0.334 e. The second-order valence-electron chi connectivity index (χ2n) is 14.5. The summed E-state index contributed by atoms with van der Waals surface area (Å²) in [5.74, 6) is -2.10. The zero-order valence-electron chi connectivity index (χ0n) is 33.2. The molecule has 0 saturated carbocycles. The maximum absolute atomic E-state index is 14.8. The number of nitrogens with one attached hydrogen (secondary N) is 1. The molecule has 0 spiro atoms. The molecule has 1 amide bonds. The molecule has 0 aliphatic rings. The van der Waals surface area contributed by atoms with Crippen LogP contribution in [0.3, 0.4) is 0 Å². The van der Waals surface area contributed by atoms with Gasteiger partial charge < -0.3 is 14.4 Å². The molecular formula is C42H68N3O8P. The lowest BCUT2D eigenvalue weighted by Crippen LogP contribution is -2.30. The van der Waals surface area contributed by atoms with Crippen molar-refractivity contribution in [3.05, 3.63) is 79.9 Å². The second kappa shape index (κ2) is 29.2. The highest BCUT2D eigenvalue weighted by atomic mass is 31.2. The first-order chi connectivity index (χ1) is 26.2. The first-order valence-electron chi connectivity index (χ1n) is 20.9. The Morgan fingerprint density at radius 3 is 1.30 bits per heavy atom. The van der Waals surface area contributed by atoms with Crippen LogP contribution in [-0.2, 0) is 13.6 Å². The summed E-state index contributed by atoms with van der Waals surface area (Å²) in [7, 11) is -4.05. The third kappa shape index (κ3) is 20.0. The van der Waals surface area contributed by atoms with Crippen LogP contribution in [0.2, 0.25) is 0 Å². The van der Waals surface area contributed by atoms with Gasteiger partial charge in [-0.2, -0.15) is 0 Å². The highest BCUT2D eigenvalue weighted by molar-refractivity contribution is 7.54. The first-order valence-corrected chi connectivity index (χ1v) is 22.5. The quantitative estimate of drug-likeness (QED) is 0.0319. The number of carbonyl (C=O) groups excluding carboxylic acids is 1. The van der Waals surface area contributed by atoms with Crippen molar-refractivity contribution in [3.63, 3.8) is 0 Å². The number of nitro benzene ring substituents is 2. The monoisotopic (exact) mass is 773 g/mol. The third-order valence-corrected chi connectivity index (χ3v) is 12.0. The van der Waals surface area contributed by atoms with Gasteiger partial charge in [-0.25, -0.2) is 0 Å². The van der Waals surface area contributed by atoms with Gasteiger partial charge in [-0.3, -0.25) is 29.6 Å². The fourth-order valence-corrected chi connectivity index (χ4v) is 8.53. The minimum atomic E-state index is -4.05. The highest BCUT2D eigenvalue weighted by Crippen LogP contribution is 2.60. The lowest BCUT2D eigenvalue weighted by molar-refractivity contribution is -0.394. The van der Waals surface area contributed by atoms with Crippen LogP contribution in [0.5, 0.6) is 0 Å². The van der Waals surface area contributed by atoms with Gasteiger partial charge in [-0.1, -0.05) is 185 Å². The van der Waals surface area contributed by atoms with E-state index in [0.717, 1.165) is 56.7 Å². The molecule has 0 aromatic heterocycles. The number of carbonyl (C=O) groups is 1. The van der Waals surface area contributed by atoms with Crippen molar-refractivity contribution in [2.45, 2.75) is 174 Å². The van der Waals surface area contributed by atoms with Gasteiger partial charge in [0.05, 0.1) is 34.7 Å². The molecule has 11 nitrogen and oxygen atoms in total. The second-order valence-corrected chi connectivity index (χ2v) is 16.6. The van der Waals surface area contributed by atoms with Crippen molar-refractivity contribution in [2.75, 3.05) is 13.2 Å². The minimum absolute atomic E-state index is 0.175. The molecule has 1 atom stereocenters. The summed E-state index contributed by atoms with van der Waals surface area (Å²) < 4.78 is 27.0. The van der Waals surface area contributed by atoms with Crippen LogP contribution in [0.1, 0.15) is 190 Å². The van der Waals surface area contributed by atoms with E-state index >= 15 is 0 Å². The molecule has 0 saturated heterocycles. The third-order valence-electron chi connectivity index (χ3n) is 9.82. The molecule has 2 aromatic carbocycles. The normalized spacial score (nSPS) is 12.1. The standard InChI is InChI=1S/C42H68N3O8P/c1-3-5-7-9-11-13-15-17-19-21-23-28-32-52-54(51,53-33-29-24-22-20-18-16-14-12-10-8-6-4-2)42(37-30-26-25-27-31-37)43-41(46)38-34-39(44(47)48)36-40(35-38)45(49)50/h25-27,30-31,34-36,42H,3-24,28-29,32-33H2,1-2H3,(H,43,46). The zero-order valence-corrected chi connectivity index (χ0v) is 34.1. The predicted molar refractivity (Wildman–Crippen MR) is 218 cm³/mol. The Morgan fingerprint density at radius 1 is 0.593 bits per heavy atom. The summed E-state index contributed by atoms with van der Waals surface area (Å²) in [5, 5.41) is 25.8.